The van der Waals surface area contributed by atoms with Crippen molar-refractivity contribution in [1.82, 2.24) is 9.88 Å². The van der Waals surface area contributed by atoms with E-state index in [1.165, 1.54) is 35.7 Å². The molecule has 3 N–H and O–H groups in total. The lowest BCUT2D eigenvalue weighted by atomic mass is 10.1. The Hall–Kier alpha value is -1.32. The summed E-state index contributed by atoms with van der Waals surface area (Å²) >= 11 is 0. The van der Waals surface area contributed by atoms with Crippen LogP contribution in [-0.4, -0.2) is 29.0 Å². The van der Waals surface area contributed by atoms with Gasteiger partial charge in [-0.1, -0.05) is 24.6 Å². The summed E-state index contributed by atoms with van der Waals surface area (Å²) in [6.45, 7) is 0.975. The van der Waals surface area contributed by atoms with Gasteiger partial charge in [0.1, 0.15) is 0 Å². The van der Waals surface area contributed by atoms with E-state index in [0.717, 1.165) is 6.54 Å². The number of fused-ring (bicyclic) bond motifs is 1. The number of likely N-dealkylation sites (N-methyl/N-ethyl adjacent to an activating group) is 1. The number of nitrogens with zero attached hydrogens (tertiary/aromatic N) is 1. The Labute approximate surface area is 108 Å². The molecule has 1 fully saturated rings. The SMILES string of the molecule is CN(Cc1c[nH]c2ccccc12)C1CCCC1N. The second-order valence-corrected chi connectivity index (χ2v) is 5.44. The second-order valence-electron chi connectivity index (χ2n) is 5.44. The molecule has 96 valence electrons. The maximum absolute atomic E-state index is 6.17. The molecule has 1 saturated carbocycles. The molecule has 3 rings (SSSR count). The number of H-pyrrole nitrogens is 1. The molecule has 1 aromatic heterocycles. The van der Waals surface area contributed by atoms with Crippen LogP contribution in [0.5, 0.6) is 0 Å². The number of hydrogen-bond donors (Lipinski definition) is 2. The van der Waals surface area contributed by atoms with Gasteiger partial charge >= 0.3 is 0 Å². The van der Waals surface area contributed by atoms with Crippen LogP contribution in [0.1, 0.15) is 24.8 Å². The standard InChI is InChI=1S/C15H21N3/c1-18(15-8-4-6-13(15)16)10-11-9-17-14-7-3-2-5-12(11)14/h2-3,5,7,9,13,15,17H,4,6,8,10,16H2,1H3. The van der Waals surface area contributed by atoms with Gasteiger partial charge in [-0.25, -0.2) is 0 Å². The van der Waals surface area contributed by atoms with Crippen molar-refractivity contribution in [3.05, 3.63) is 36.0 Å². The van der Waals surface area contributed by atoms with Crippen LogP contribution in [0.4, 0.5) is 0 Å². The third-order valence-electron chi connectivity index (χ3n) is 4.19. The minimum atomic E-state index is 0.347. The predicted octanol–water partition coefficient (Wildman–Crippen LogP) is 2.48. The van der Waals surface area contributed by atoms with Crippen molar-refractivity contribution >= 4 is 10.9 Å². The summed E-state index contributed by atoms with van der Waals surface area (Å²) in [6, 6.07) is 9.36. The molecule has 1 aliphatic rings. The molecular formula is C15H21N3. The summed E-state index contributed by atoms with van der Waals surface area (Å²) in [5.41, 5.74) is 8.76. The van der Waals surface area contributed by atoms with Gasteiger partial charge in [-0.3, -0.25) is 4.90 Å². The predicted molar refractivity (Wildman–Crippen MR) is 75.4 cm³/mol. The first kappa shape index (κ1) is 11.8. The van der Waals surface area contributed by atoms with E-state index in [9.17, 15) is 0 Å². The zero-order valence-corrected chi connectivity index (χ0v) is 10.9. The summed E-state index contributed by atoms with van der Waals surface area (Å²) < 4.78 is 0. The fourth-order valence-electron chi connectivity index (χ4n) is 3.16. The largest absolute Gasteiger partial charge is 0.361 e. The lowest BCUT2D eigenvalue weighted by Gasteiger charge is -2.27. The van der Waals surface area contributed by atoms with Gasteiger partial charge in [0, 0.05) is 35.7 Å². The second kappa shape index (κ2) is 4.75. The van der Waals surface area contributed by atoms with Crippen molar-refractivity contribution in [2.75, 3.05) is 7.05 Å². The fourth-order valence-corrected chi connectivity index (χ4v) is 3.16. The number of aromatic amines is 1. The minimum absolute atomic E-state index is 0.347. The minimum Gasteiger partial charge on any atom is -0.361 e. The topological polar surface area (TPSA) is 45.0 Å². The summed E-state index contributed by atoms with van der Waals surface area (Å²) in [6.07, 6.45) is 5.80. The van der Waals surface area contributed by atoms with Crippen molar-refractivity contribution in [2.24, 2.45) is 5.73 Å². The van der Waals surface area contributed by atoms with E-state index in [-0.39, 0.29) is 0 Å². The van der Waals surface area contributed by atoms with E-state index in [4.69, 9.17) is 5.73 Å². The van der Waals surface area contributed by atoms with E-state index in [1.54, 1.807) is 0 Å². The monoisotopic (exact) mass is 243 g/mol. The molecule has 0 aliphatic heterocycles. The first-order valence-electron chi connectivity index (χ1n) is 6.76. The van der Waals surface area contributed by atoms with Crippen molar-refractivity contribution in [2.45, 2.75) is 37.9 Å². The number of nitrogens with two attached hydrogens (primary N) is 1. The fraction of sp³-hybridized carbons (Fsp3) is 0.467. The van der Waals surface area contributed by atoms with Crippen molar-refractivity contribution in [3.8, 4) is 0 Å². The van der Waals surface area contributed by atoms with E-state index >= 15 is 0 Å². The van der Waals surface area contributed by atoms with Crippen LogP contribution in [0, 0.1) is 0 Å². The van der Waals surface area contributed by atoms with Crippen molar-refractivity contribution < 1.29 is 0 Å². The average molecular weight is 243 g/mol. The van der Waals surface area contributed by atoms with Crippen molar-refractivity contribution in [1.29, 1.82) is 0 Å². The molecular weight excluding hydrogens is 222 g/mol. The highest BCUT2D eigenvalue weighted by Crippen LogP contribution is 2.25. The summed E-state index contributed by atoms with van der Waals surface area (Å²) in [5.74, 6) is 0. The molecule has 2 atom stereocenters. The first-order valence-corrected chi connectivity index (χ1v) is 6.76. The zero-order valence-electron chi connectivity index (χ0n) is 10.9. The Morgan fingerprint density at radius 2 is 2.17 bits per heavy atom. The van der Waals surface area contributed by atoms with Gasteiger partial charge in [-0.05, 0) is 31.5 Å². The van der Waals surface area contributed by atoms with Crippen molar-refractivity contribution in [3.63, 3.8) is 0 Å². The average Bonchev–Trinajstić information content (AvgIpc) is 2.97. The van der Waals surface area contributed by atoms with Crippen LogP contribution in [0.25, 0.3) is 10.9 Å². The normalized spacial score (nSPS) is 24.2. The molecule has 18 heavy (non-hydrogen) atoms. The summed E-state index contributed by atoms with van der Waals surface area (Å²) in [7, 11) is 2.19. The van der Waals surface area contributed by atoms with Crippen LogP contribution < -0.4 is 5.73 Å². The number of rotatable bonds is 3. The quantitative estimate of drug-likeness (QED) is 0.870. The molecule has 1 heterocycles. The van der Waals surface area contributed by atoms with Gasteiger partial charge in [0.15, 0.2) is 0 Å². The van der Waals surface area contributed by atoms with Crippen LogP contribution >= 0.6 is 0 Å². The number of nitrogens with one attached hydrogen (secondary N) is 1. The third kappa shape index (κ3) is 2.04. The number of aromatic nitrogens is 1. The Balaban J connectivity index is 1.79. The Bertz CT molecular complexity index is 531. The smallest absolute Gasteiger partial charge is 0.0457 e. The third-order valence-corrected chi connectivity index (χ3v) is 4.19. The molecule has 3 nitrogen and oxygen atoms in total. The van der Waals surface area contributed by atoms with Gasteiger partial charge in [0.25, 0.3) is 0 Å². The lowest BCUT2D eigenvalue weighted by Crippen LogP contribution is -2.41. The zero-order chi connectivity index (χ0) is 12.5. The molecule has 0 bridgehead atoms. The van der Waals surface area contributed by atoms with E-state index in [2.05, 4.69) is 47.4 Å². The van der Waals surface area contributed by atoms with Crippen LogP contribution in [-0.2, 0) is 6.54 Å². The van der Waals surface area contributed by atoms with Gasteiger partial charge in [-0.15, -0.1) is 0 Å². The van der Waals surface area contributed by atoms with Gasteiger partial charge < -0.3 is 10.7 Å². The molecule has 0 saturated heterocycles. The molecule has 0 radical (unpaired) electrons. The summed E-state index contributed by atoms with van der Waals surface area (Å²) in [4.78, 5) is 5.75. The summed E-state index contributed by atoms with van der Waals surface area (Å²) in [5, 5.41) is 1.33. The Kier molecular flexibility index (Phi) is 3.10. The molecule has 1 aliphatic carbocycles. The van der Waals surface area contributed by atoms with Gasteiger partial charge in [0.2, 0.25) is 0 Å². The highest BCUT2D eigenvalue weighted by Gasteiger charge is 2.27. The highest BCUT2D eigenvalue weighted by atomic mass is 15.1. The van der Waals surface area contributed by atoms with Gasteiger partial charge in [0.05, 0.1) is 0 Å². The van der Waals surface area contributed by atoms with Crippen LogP contribution in [0.3, 0.4) is 0 Å². The van der Waals surface area contributed by atoms with Crippen LogP contribution in [0.15, 0.2) is 30.5 Å². The Morgan fingerprint density at radius 3 is 2.94 bits per heavy atom. The van der Waals surface area contributed by atoms with E-state index < -0.39 is 0 Å². The Morgan fingerprint density at radius 1 is 1.33 bits per heavy atom. The van der Waals surface area contributed by atoms with Crippen LogP contribution in [0.2, 0.25) is 0 Å². The molecule has 3 heteroatoms. The molecule has 0 amide bonds. The number of para-hydroxylation sites is 1. The first-order chi connectivity index (χ1) is 8.75. The molecule has 0 spiro atoms. The molecule has 1 aromatic carbocycles. The lowest BCUT2D eigenvalue weighted by molar-refractivity contribution is 0.221. The maximum atomic E-state index is 6.17. The number of benzene rings is 1. The number of hydrogen-bond acceptors (Lipinski definition) is 2. The van der Waals surface area contributed by atoms with E-state index in [0.29, 0.717) is 12.1 Å². The van der Waals surface area contributed by atoms with Gasteiger partial charge in [-0.2, -0.15) is 0 Å². The highest BCUT2D eigenvalue weighted by molar-refractivity contribution is 5.82. The maximum Gasteiger partial charge on any atom is 0.0457 e. The molecule has 2 unspecified atom stereocenters. The molecule has 2 aromatic rings. The van der Waals surface area contributed by atoms with E-state index in [1.807, 2.05) is 0 Å².